The monoisotopic (exact) mass is 157 g/mol. The molecular formula is C9H19NO. The van der Waals surface area contributed by atoms with Crippen molar-refractivity contribution in [2.75, 3.05) is 20.3 Å². The van der Waals surface area contributed by atoms with E-state index in [0.29, 0.717) is 6.04 Å². The van der Waals surface area contributed by atoms with Crippen LogP contribution < -0.4 is 5.32 Å². The Bertz CT molecular complexity index is 102. The van der Waals surface area contributed by atoms with Crippen molar-refractivity contribution in [2.45, 2.75) is 32.2 Å². The minimum atomic E-state index is 0.570. The van der Waals surface area contributed by atoms with Gasteiger partial charge in [-0.2, -0.15) is 0 Å². The summed E-state index contributed by atoms with van der Waals surface area (Å²) < 4.78 is 5.09. The maximum atomic E-state index is 5.09. The lowest BCUT2D eigenvalue weighted by Crippen LogP contribution is -2.33. The minimum absolute atomic E-state index is 0.570. The van der Waals surface area contributed by atoms with Crippen molar-refractivity contribution in [3.05, 3.63) is 0 Å². The van der Waals surface area contributed by atoms with Gasteiger partial charge < -0.3 is 10.1 Å². The maximum absolute atomic E-state index is 5.09. The average Bonchev–Trinajstić information content (AvgIpc) is 2.81. The second-order valence-corrected chi connectivity index (χ2v) is 3.41. The number of hydrogen-bond acceptors (Lipinski definition) is 2. The van der Waals surface area contributed by atoms with Gasteiger partial charge in [-0.25, -0.2) is 0 Å². The van der Waals surface area contributed by atoms with E-state index in [4.69, 9.17) is 4.74 Å². The molecule has 1 aliphatic carbocycles. The van der Waals surface area contributed by atoms with Crippen LogP contribution in [0.5, 0.6) is 0 Å². The molecule has 1 rings (SSSR count). The first-order valence-electron chi connectivity index (χ1n) is 4.59. The topological polar surface area (TPSA) is 21.3 Å². The first kappa shape index (κ1) is 9.01. The highest BCUT2D eigenvalue weighted by Gasteiger charge is 2.21. The van der Waals surface area contributed by atoms with Gasteiger partial charge in [-0.05, 0) is 31.7 Å². The van der Waals surface area contributed by atoms with Gasteiger partial charge in [0, 0.05) is 13.2 Å². The van der Waals surface area contributed by atoms with Gasteiger partial charge in [0.15, 0.2) is 0 Å². The minimum Gasteiger partial charge on any atom is -0.383 e. The lowest BCUT2D eigenvalue weighted by molar-refractivity contribution is 0.164. The Morgan fingerprint density at radius 2 is 2.27 bits per heavy atom. The van der Waals surface area contributed by atoms with Crippen molar-refractivity contribution in [3.8, 4) is 0 Å². The van der Waals surface area contributed by atoms with Crippen LogP contribution in [0.1, 0.15) is 26.2 Å². The van der Waals surface area contributed by atoms with Gasteiger partial charge >= 0.3 is 0 Å². The molecule has 0 aromatic carbocycles. The molecule has 2 nitrogen and oxygen atoms in total. The van der Waals surface area contributed by atoms with Gasteiger partial charge in [0.1, 0.15) is 0 Å². The first-order chi connectivity index (χ1) is 5.36. The molecule has 1 unspecified atom stereocenters. The molecule has 11 heavy (non-hydrogen) atoms. The zero-order valence-corrected chi connectivity index (χ0v) is 7.60. The van der Waals surface area contributed by atoms with E-state index >= 15 is 0 Å². The highest BCUT2D eigenvalue weighted by Crippen LogP contribution is 2.27. The molecule has 0 aromatic rings. The number of ether oxygens (including phenoxy) is 1. The normalized spacial score (nSPS) is 20.2. The molecule has 0 aliphatic heterocycles. The van der Waals surface area contributed by atoms with Gasteiger partial charge in [0.25, 0.3) is 0 Å². The van der Waals surface area contributed by atoms with Gasteiger partial charge in [-0.1, -0.05) is 6.92 Å². The number of methoxy groups -OCH3 is 1. The Labute approximate surface area is 69.3 Å². The fraction of sp³-hybridized carbons (Fsp3) is 1.00. The summed E-state index contributed by atoms with van der Waals surface area (Å²) in [7, 11) is 1.77. The van der Waals surface area contributed by atoms with Crippen molar-refractivity contribution in [2.24, 2.45) is 5.92 Å². The Morgan fingerprint density at radius 1 is 1.55 bits per heavy atom. The van der Waals surface area contributed by atoms with Crippen molar-refractivity contribution in [1.29, 1.82) is 0 Å². The van der Waals surface area contributed by atoms with Crippen LogP contribution in [-0.2, 0) is 4.74 Å². The van der Waals surface area contributed by atoms with Crippen LogP contribution in [0.15, 0.2) is 0 Å². The van der Waals surface area contributed by atoms with E-state index in [2.05, 4.69) is 12.2 Å². The molecule has 0 bridgehead atoms. The summed E-state index contributed by atoms with van der Waals surface area (Å²) >= 11 is 0. The van der Waals surface area contributed by atoms with Crippen LogP contribution >= 0.6 is 0 Å². The SMILES string of the molecule is CCC(COC)NCC1CC1. The Kier molecular flexibility index (Phi) is 3.87. The summed E-state index contributed by atoms with van der Waals surface area (Å²) in [5.74, 6) is 0.973. The van der Waals surface area contributed by atoms with Crippen molar-refractivity contribution < 1.29 is 4.74 Å². The molecule has 1 fully saturated rings. The Morgan fingerprint density at radius 3 is 2.73 bits per heavy atom. The first-order valence-corrected chi connectivity index (χ1v) is 4.59. The van der Waals surface area contributed by atoms with Gasteiger partial charge in [0.05, 0.1) is 6.61 Å². The molecular weight excluding hydrogens is 138 g/mol. The van der Waals surface area contributed by atoms with E-state index in [1.807, 2.05) is 0 Å². The third kappa shape index (κ3) is 3.73. The quantitative estimate of drug-likeness (QED) is 0.629. The molecule has 0 radical (unpaired) electrons. The smallest absolute Gasteiger partial charge is 0.0615 e. The molecule has 1 saturated carbocycles. The van der Waals surface area contributed by atoms with Crippen molar-refractivity contribution >= 4 is 0 Å². The lowest BCUT2D eigenvalue weighted by atomic mass is 10.2. The van der Waals surface area contributed by atoms with Crippen LogP contribution in [0.3, 0.4) is 0 Å². The molecule has 2 heteroatoms. The molecule has 66 valence electrons. The van der Waals surface area contributed by atoms with Gasteiger partial charge in [-0.15, -0.1) is 0 Å². The molecule has 0 amide bonds. The van der Waals surface area contributed by atoms with Gasteiger partial charge in [-0.3, -0.25) is 0 Å². The van der Waals surface area contributed by atoms with Crippen LogP contribution in [-0.4, -0.2) is 26.3 Å². The number of rotatable bonds is 6. The summed E-state index contributed by atoms with van der Waals surface area (Å²) in [6.07, 6.45) is 4.02. The third-order valence-corrected chi connectivity index (χ3v) is 2.25. The summed E-state index contributed by atoms with van der Waals surface area (Å²) in [6, 6.07) is 0.570. The molecule has 1 aliphatic rings. The molecule has 0 spiro atoms. The lowest BCUT2D eigenvalue weighted by Gasteiger charge is -2.15. The van der Waals surface area contributed by atoms with Crippen LogP contribution in [0, 0.1) is 5.92 Å². The van der Waals surface area contributed by atoms with Crippen LogP contribution in [0.4, 0.5) is 0 Å². The standard InChI is InChI=1S/C9H19NO/c1-3-9(7-11-2)10-6-8-4-5-8/h8-10H,3-7H2,1-2H3. The molecule has 0 aromatic heterocycles. The number of nitrogens with one attached hydrogen (secondary N) is 1. The molecule has 1 N–H and O–H groups in total. The highest BCUT2D eigenvalue weighted by molar-refractivity contribution is 4.77. The summed E-state index contributed by atoms with van der Waals surface area (Å²) in [5, 5.41) is 3.51. The molecule has 0 heterocycles. The second kappa shape index (κ2) is 4.73. The maximum Gasteiger partial charge on any atom is 0.0615 e. The molecule has 1 atom stereocenters. The highest BCUT2D eigenvalue weighted by atomic mass is 16.5. The van der Waals surface area contributed by atoms with E-state index in [1.54, 1.807) is 7.11 Å². The van der Waals surface area contributed by atoms with E-state index < -0.39 is 0 Å². The van der Waals surface area contributed by atoms with E-state index in [-0.39, 0.29) is 0 Å². The van der Waals surface area contributed by atoms with E-state index in [9.17, 15) is 0 Å². The zero-order chi connectivity index (χ0) is 8.10. The summed E-state index contributed by atoms with van der Waals surface area (Å²) in [6.45, 7) is 4.24. The van der Waals surface area contributed by atoms with Crippen LogP contribution in [0.2, 0.25) is 0 Å². The van der Waals surface area contributed by atoms with E-state index in [1.165, 1.54) is 25.8 Å². The van der Waals surface area contributed by atoms with E-state index in [0.717, 1.165) is 12.5 Å². The Balaban J connectivity index is 1.98. The van der Waals surface area contributed by atoms with Gasteiger partial charge in [0.2, 0.25) is 0 Å². The Hall–Kier alpha value is -0.0800. The largest absolute Gasteiger partial charge is 0.383 e. The fourth-order valence-corrected chi connectivity index (χ4v) is 1.18. The summed E-state index contributed by atoms with van der Waals surface area (Å²) in [5.41, 5.74) is 0. The molecule has 0 saturated heterocycles. The zero-order valence-electron chi connectivity index (χ0n) is 7.60. The summed E-state index contributed by atoms with van der Waals surface area (Å²) in [4.78, 5) is 0. The van der Waals surface area contributed by atoms with Crippen LogP contribution in [0.25, 0.3) is 0 Å². The fourth-order valence-electron chi connectivity index (χ4n) is 1.18. The van der Waals surface area contributed by atoms with Crippen molar-refractivity contribution in [3.63, 3.8) is 0 Å². The third-order valence-electron chi connectivity index (χ3n) is 2.25. The number of hydrogen-bond donors (Lipinski definition) is 1. The second-order valence-electron chi connectivity index (χ2n) is 3.41. The van der Waals surface area contributed by atoms with Crippen molar-refractivity contribution in [1.82, 2.24) is 5.32 Å². The predicted molar refractivity (Wildman–Crippen MR) is 46.7 cm³/mol. The average molecular weight is 157 g/mol. The predicted octanol–water partition coefficient (Wildman–Crippen LogP) is 1.41.